The van der Waals surface area contributed by atoms with Gasteiger partial charge in [-0.25, -0.2) is 9.37 Å². The van der Waals surface area contributed by atoms with E-state index in [1.54, 1.807) is 19.3 Å². The van der Waals surface area contributed by atoms with E-state index in [1.807, 2.05) is 18.2 Å². The van der Waals surface area contributed by atoms with Crippen molar-refractivity contribution in [3.05, 3.63) is 41.8 Å². The average Bonchev–Trinajstić information content (AvgIpc) is 2.79. The standard InChI is InChI=1S/C23H27FN6O/c1-26-12-14-10-17(23(31)21(24)22(14)25)20-13-27-19-11-16(4-5-18(19)28-20)30-8-6-15(7-9-30)29(2)3/h4-5,10-13,15,31H,6-9,25H2,1-3H3. The summed E-state index contributed by atoms with van der Waals surface area (Å²) in [5.41, 5.74) is 9.12. The van der Waals surface area contributed by atoms with Gasteiger partial charge in [0, 0.05) is 49.2 Å². The molecule has 1 saturated heterocycles. The first kappa shape index (κ1) is 21.0. The summed E-state index contributed by atoms with van der Waals surface area (Å²) in [6.45, 7) is 2.00. The third-order valence-electron chi connectivity index (χ3n) is 5.94. The van der Waals surface area contributed by atoms with Crippen LogP contribution in [-0.4, -0.2) is 66.5 Å². The molecule has 0 bridgehead atoms. The molecule has 2 heterocycles. The lowest BCUT2D eigenvalue weighted by atomic mass is 10.0. The van der Waals surface area contributed by atoms with E-state index in [2.05, 4.69) is 38.9 Å². The Bertz CT molecular complexity index is 1140. The van der Waals surface area contributed by atoms with Gasteiger partial charge < -0.3 is 20.6 Å². The Labute approximate surface area is 181 Å². The zero-order valence-electron chi connectivity index (χ0n) is 18.0. The Hall–Kier alpha value is -3.26. The van der Waals surface area contributed by atoms with Crippen molar-refractivity contribution in [2.75, 3.05) is 44.9 Å². The molecule has 3 N–H and O–H groups in total. The number of aromatic hydroxyl groups is 1. The van der Waals surface area contributed by atoms with Gasteiger partial charge in [0.15, 0.2) is 11.6 Å². The number of phenolic OH excluding ortho intramolecular Hbond substituents is 1. The number of fused-ring (bicyclic) bond motifs is 1. The van der Waals surface area contributed by atoms with Crippen molar-refractivity contribution in [3.63, 3.8) is 0 Å². The van der Waals surface area contributed by atoms with Crippen molar-refractivity contribution in [3.8, 4) is 17.0 Å². The molecule has 1 fully saturated rings. The summed E-state index contributed by atoms with van der Waals surface area (Å²) in [6.07, 6.45) is 5.24. The van der Waals surface area contributed by atoms with E-state index < -0.39 is 11.6 Å². The van der Waals surface area contributed by atoms with Crippen LogP contribution in [0, 0.1) is 5.82 Å². The summed E-state index contributed by atoms with van der Waals surface area (Å²) in [7, 11) is 5.83. The van der Waals surface area contributed by atoms with Gasteiger partial charge in [-0.2, -0.15) is 0 Å². The minimum absolute atomic E-state index is 0.150. The lowest BCUT2D eigenvalue weighted by Crippen LogP contribution is -2.41. The summed E-state index contributed by atoms with van der Waals surface area (Å²) >= 11 is 0. The maximum atomic E-state index is 14.4. The van der Waals surface area contributed by atoms with Crippen molar-refractivity contribution >= 4 is 28.6 Å². The lowest BCUT2D eigenvalue weighted by Gasteiger charge is -2.36. The second kappa shape index (κ2) is 8.47. The van der Waals surface area contributed by atoms with Crippen LogP contribution in [0.25, 0.3) is 22.3 Å². The molecule has 162 valence electrons. The Morgan fingerprint density at radius 1 is 1.23 bits per heavy atom. The summed E-state index contributed by atoms with van der Waals surface area (Å²) in [5, 5.41) is 10.3. The van der Waals surface area contributed by atoms with E-state index in [-0.39, 0.29) is 11.3 Å². The van der Waals surface area contributed by atoms with Crippen molar-refractivity contribution in [2.24, 2.45) is 4.99 Å². The van der Waals surface area contributed by atoms with Gasteiger partial charge in [0.2, 0.25) is 0 Å². The molecular formula is C23H27FN6O. The number of halogens is 1. The molecule has 0 spiro atoms. The number of hydrogen-bond donors (Lipinski definition) is 2. The SMILES string of the molecule is CN=Cc1cc(-c2cnc3cc(N4CCC(N(C)C)CC4)ccc3n2)c(O)c(F)c1N. The van der Waals surface area contributed by atoms with Gasteiger partial charge in [0.1, 0.15) is 0 Å². The van der Waals surface area contributed by atoms with E-state index in [0.717, 1.165) is 37.1 Å². The Balaban J connectivity index is 1.65. The highest BCUT2D eigenvalue weighted by Gasteiger charge is 2.21. The molecule has 0 saturated carbocycles. The number of phenols is 1. The zero-order chi connectivity index (χ0) is 22.1. The van der Waals surface area contributed by atoms with E-state index >= 15 is 0 Å². The first-order valence-electron chi connectivity index (χ1n) is 10.3. The van der Waals surface area contributed by atoms with Crippen LogP contribution in [0.5, 0.6) is 5.75 Å². The number of anilines is 2. The number of rotatable bonds is 4. The molecule has 4 rings (SSSR count). The molecule has 0 atom stereocenters. The van der Waals surface area contributed by atoms with Crippen LogP contribution in [0.15, 0.2) is 35.5 Å². The van der Waals surface area contributed by atoms with Gasteiger partial charge in [0.05, 0.1) is 28.6 Å². The van der Waals surface area contributed by atoms with Gasteiger partial charge in [-0.3, -0.25) is 9.98 Å². The molecule has 0 aliphatic carbocycles. The molecule has 2 aromatic carbocycles. The second-order valence-corrected chi connectivity index (χ2v) is 8.09. The fourth-order valence-electron chi connectivity index (χ4n) is 4.08. The summed E-state index contributed by atoms with van der Waals surface area (Å²) in [4.78, 5) is 17.7. The van der Waals surface area contributed by atoms with Crippen LogP contribution < -0.4 is 10.6 Å². The molecule has 0 amide bonds. The number of nitrogen functional groups attached to an aromatic ring is 1. The molecule has 3 aromatic rings. The zero-order valence-corrected chi connectivity index (χ0v) is 18.0. The molecule has 7 nitrogen and oxygen atoms in total. The Kier molecular flexibility index (Phi) is 5.73. The van der Waals surface area contributed by atoms with Gasteiger partial charge in [-0.15, -0.1) is 0 Å². The first-order chi connectivity index (χ1) is 14.9. The van der Waals surface area contributed by atoms with E-state index in [1.165, 1.54) is 6.21 Å². The summed E-state index contributed by atoms with van der Waals surface area (Å²) in [6, 6.07) is 8.17. The number of hydrogen-bond acceptors (Lipinski definition) is 7. The van der Waals surface area contributed by atoms with Crippen molar-refractivity contribution in [2.45, 2.75) is 18.9 Å². The maximum Gasteiger partial charge on any atom is 0.189 e. The maximum absolute atomic E-state index is 14.4. The van der Waals surface area contributed by atoms with Gasteiger partial charge >= 0.3 is 0 Å². The minimum atomic E-state index is -0.884. The van der Waals surface area contributed by atoms with Crippen LogP contribution in [0.1, 0.15) is 18.4 Å². The number of benzene rings is 2. The predicted octanol–water partition coefficient (Wildman–Crippen LogP) is 3.30. The third kappa shape index (κ3) is 4.03. The number of nitrogens with zero attached hydrogens (tertiary/aromatic N) is 5. The molecule has 1 aliphatic heterocycles. The highest BCUT2D eigenvalue weighted by molar-refractivity contribution is 5.91. The van der Waals surface area contributed by atoms with Gasteiger partial charge in [0.25, 0.3) is 0 Å². The molecule has 1 aliphatic rings. The van der Waals surface area contributed by atoms with Crippen molar-refractivity contribution < 1.29 is 9.50 Å². The fourth-order valence-corrected chi connectivity index (χ4v) is 4.08. The molecule has 8 heteroatoms. The molecule has 0 unspecified atom stereocenters. The van der Waals surface area contributed by atoms with Gasteiger partial charge in [-0.05, 0) is 51.2 Å². The van der Waals surface area contributed by atoms with Crippen LogP contribution in [-0.2, 0) is 0 Å². The van der Waals surface area contributed by atoms with Crippen LogP contribution in [0.2, 0.25) is 0 Å². The van der Waals surface area contributed by atoms with E-state index in [0.29, 0.717) is 22.8 Å². The summed E-state index contributed by atoms with van der Waals surface area (Å²) < 4.78 is 14.4. The molecule has 0 radical (unpaired) electrons. The van der Waals surface area contributed by atoms with Crippen LogP contribution >= 0.6 is 0 Å². The smallest absolute Gasteiger partial charge is 0.189 e. The first-order valence-corrected chi connectivity index (χ1v) is 10.3. The van der Waals surface area contributed by atoms with Crippen LogP contribution in [0.4, 0.5) is 15.8 Å². The van der Waals surface area contributed by atoms with Crippen molar-refractivity contribution in [1.29, 1.82) is 0 Å². The highest BCUT2D eigenvalue weighted by Crippen LogP contribution is 2.36. The lowest BCUT2D eigenvalue weighted by molar-refractivity contribution is 0.249. The number of piperidine rings is 1. The minimum Gasteiger partial charge on any atom is -0.504 e. The van der Waals surface area contributed by atoms with E-state index in [9.17, 15) is 9.50 Å². The van der Waals surface area contributed by atoms with Crippen molar-refractivity contribution in [1.82, 2.24) is 14.9 Å². The van der Waals surface area contributed by atoms with E-state index in [4.69, 9.17) is 5.73 Å². The average molecular weight is 423 g/mol. The topological polar surface area (TPSA) is 90.9 Å². The quantitative estimate of drug-likeness (QED) is 0.495. The normalized spacial score (nSPS) is 15.5. The van der Waals surface area contributed by atoms with Crippen LogP contribution in [0.3, 0.4) is 0 Å². The number of aromatic nitrogens is 2. The number of nitrogens with two attached hydrogens (primary N) is 1. The fraction of sp³-hybridized carbons (Fsp3) is 0.348. The molecular weight excluding hydrogens is 395 g/mol. The summed E-state index contributed by atoms with van der Waals surface area (Å²) in [5.74, 6) is -1.43. The Morgan fingerprint density at radius 2 is 1.97 bits per heavy atom. The second-order valence-electron chi connectivity index (χ2n) is 8.09. The third-order valence-corrected chi connectivity index (χ3v) is 5.94. The monoisotopic (exact) mass is 422 g/mol. The predicted molar refractivity (Wildman–Crippen MR) is 123 cm³/mol. The van der Waals surface area contributed by atoms with Gasteiger partial charge in [-0.1, -0.05) is 0 Å². The largest absolute Gasteiger partial charge is 0.504 e. The number of aliphatic imine (C=N–C) groups is 1. The molecule has 1 aromatic heterocycles. The Morgan fingerprint density at radius 3 is 2.65 bits per heavy atom. The molecule has 31 heavy (non-hydrogen) atoms. The highest BCUT2D eigenvalue weighted by atomic mass is 19.1.